The Morgan fingerprint density at radius 1 is 1.08 bits per heavy atom. The van der Waals surface area contributed by atoms with Gasteiger partial charge >= 0.3 is 5.97 Å². The van der Waals surface area contributed by atoms with Crippen LogP contribution in [0.5, 0.6) is 0 Å². The molecule has 0 spiro atoms. The molecule has 0 radical (unpaired) electrons. The normalized spacial score (nSPS) is 9.42. The van der Waals surface area contributed by atoms with Gasteiger partial charge in [-0.3, -0.25) is 4.79 Å². The Balaban J connectivity index is 3.01. The zero-order valence-electron chi connectivity index (χ0n) is 5.95. The van der Waals surface area contributed by atoms with Crippen molar-refractivity contribution < 1.29 is 14.7 Å². The van der Waals surface area contributed by atoms with E-state index in [1.165, 1.54) is 24.3 Å². The lowest BCUT2D eigenvalue weighted by atomic mass is 10.1. The predicted octanol–water partition coefficient (Wildman–Crippen LogP) is 1.96. The summed E-state index contributed by atoms with van der Waals surface area (Å²) in [5, 5.41) is 8.53. The Morgan fingerprint density at radius 3 is 1.83 bits per heavy atom. The summed E-state index contributed by atoms with van der Waals surface area (Å²) < 4.78 is -0.0930. The zero-order valence-corrected chi connectivity index (χ0v) is 8.11. The van der Waals surface area contributed by atoms with Crippen LogP contribution in [0.1, 0.15) is 20.7 Å². The molecule has 0 bridgehead atoms. The van der Waals surface area contributed by atoms with E-state index >= 15 is 0 Å². The Hall–Kier alpha value is -0.910. The quantitative estimate of drug-likeness (QED) is 0.663. The van der Waals surface area contributed by atoms with E-state index in [1.54, 1.807) is 22.6 Å². The van der Waals surface area contributed by atoms with E-state index in [0.717, 1.165) is 0 Å². The zero-order chi connectivity index (χ0) is 9.14. The van der Waals surface area contributed by atoms with Gasteiger partial charge in [-0.15, -0.1) is 0 Å². The fourth-order valence-electron chi connectivity index (χ4n) is 0.744. The highest BCUT2D eigenvalue weighted by Gasteiger charge is 2.03. The maximum Gasteiger partial charge on any atom is 0.335 e. The third-order valence-electron chi connectivity index (χ3n) is 1.36. The number of carbonyl (C=O) groups excluding carboxylic acids is 1. The van der Waals surface area contributed by atoms with Crippen LogP contribution in [0, 0.1) is 0 Å². The van der Waals surface area contributed by atoms with Gasteiger partial charge in [-0.2, -0.15) is 0 Å². The second kappa shape index (κ2) is 3.66. The van der Waals surface area contributed by atoms with Crippen molar-refractivity contribution in [3.05, 3.63) is 35.4 Å². The molecule has 0 aromatic heterocycles. The summed E-state index contributed by atoms with van der Waals surface area (Å²) in [6.45, 7) is 0. The second-order valence-corrected chi connectivity index (χ2v) is 3.14. The monoisotopic (exact) mass is 276 g/mol. The molecule has 0 saturated heterocycles. The van der Waals surface area contributed by atoms with Crippen LogP contribution in [0.25, 0.3) is 0 Å². The van der Waals surface area contributed by atoms with E-state index < -0.39 is 5.97 Å². The summed E-state index contributed by atoms with van der Waals surface area (Å²) in [7, 11) is 0. The molecule has 1 aromatic carbocycles. The maximum atomic E-state index is 10.8. The molecule has 3 nitrogen and oxygen atoms in total. The third-order valence-corrected chi connectivity index (χ3v) is 1.98. The minimum atomic E-state index is -0.984. The first-order valence-corrected chi connectivity index (χ1v) is 4.22. The molecular weight excluding hydrogens is 271 g/mol. The molecule has 0 aliphatic rings. The third kappa shape index (κ3) is 2.04. The smallest absolute Gasteiger partial charge is 0.335 e. The standard InChI is InChI=1S/C8H5IO3/c9-7(10)5-1-3-6(4-2-5)8(11)12/h1-4H,(H,11,12). The van der Waals surface area contributed by atoms with E-state index in [-0.39, 0.29) is 9.35 Å². The van der Waals surface area contributed by atoms with Crippen LogP contribution in [0.3, 0.4) is 0 Å². The van der Waals surface area contributed by atoms with Gasteiger partial charge in [0.15, 0.2) is 0 Å². The van der Waals surface area contributed by atoms with Gasteiger partial charge in [0.1, 0.15) is 0 Å². The number of carboxylic acid groups (broad SMARTS) is 1. The lowest BCUT2D eigenvalue weighted by molar-refractivity contribution is 0.0696. The van der Waals surface area contributed by atoms with E-state index in [2.05, 4.69) is 0 Å². The average Bonchev–Trinajstić information content (AvgIpc) is 2.04. The van der Waals surface area contributed by atoms with Gasteiger partial charge in [-0.1, -0.05) is 0 Å². The van der Waals surface area contributed by atoms with Crippen LogP contribution in [0.15, 0.2) is 24.3 Å². The van der Waals surface area contributed by atoms with Crippen molar-refractivity contribution in [1.82, 2.24) is 0 Å². The van der Waals surface area contributed by atoms with Crippen molar-refractivity contribution in [2.45, 2.75) is 0 Å². The summed E-state index contributed by atoms with van der Waals surface area (Å²) >= 11 is 1.65. The minimum absolute atomic E-state index is 0.0930. The first-order valence-electron chi connectivity index (χ1n) is 3.14. The van der Waals surface area contributed by atoms with Crippen LogP contribution >= 0.6 is 22.6 Å². The van der Waals surface area contributed by atoms with E-state index in [9.17, 15) is 9.59 Å². The number of hydrogen-bond donors (Lipinski definition) is 1. The van der Waals surface area contributed by atoms with Crippen LogP contribution in [0.4, 0.5) is 0 Å². The molecule has 0 atom stereocenters. The number of rotatable bonds is 2. The van der Waals surface area contributed by atoms with E-state index in [4.69, 9.17) is 5.11 Å². The topological polar surface area (TPSA) is 54.4 Å². The Bertz CT molecular complexity index is 283. The van der Waals surface area contributed by atoms with E-state index in [0.29, 0.717) is 5.56 Å². The van der Waals surface area contributed by atoms with Crippen LogP contribution in [-0.2, 0) is 0 Å². The highest BCUT2D eigenvalue weighted by molar-refractivity contribution is 14.1. The summed E-state index contributed by atoms with van der Waals surface area (Å²) in [6, 6.07) is 5.82. The largest absolute Gasteiger partial charge is 0.478 e. The van der Waals surface area contributed by atoms with Crippen molar-refractivity contribution in [3.8, 4) is 0 Å². The average molecular weight is 276 g/mol. The fraction of sp³-hybridized carbons (Fsp3) is 0. The minimum Gasteiger partial charge on any atom is -0.478 e. The molecule has 1 N–H and O–H groups in total. The summed E-state index contributed by atoms with van der Waals surface area (Å²) in [6.07, 6.45) is 0. The van der Waals surface area contributed by atoms with Crippen LogP contribution in [0.2, 0.25) is 0 Å². The van der Waals surface area contributed by atoms with E-state index in [1.807, 2.05) is 0 Å². The molecule has 0 heterocycles. The summed E-state index contributed by atoms with van der Waals surface area (Å²) in [5.74, 6) is -0.984. The number of hydrogen-bond acceptors (Lipinski definition) is 2. The van der Waals surface area contributed by atoms with Crippen molar-refractivity contribution in [2.24, 2.45) is 0 Å². The number of carboxylic acids is 1. The molecule has 0 fully saturated rings. The molecular formula is C8H5IO3. The summed E-state index contributed by atoms with van der Waals surface area (Å²) in [4.78, 5) is 21.2. The molecule has 62 valence electrons. The van der Waals surface area contributed by atoms with Crippen LogP contribution in [-0.4, -0.2) is 14.9 Å². The lowest BCUT2D eigenvalue weighted by Gasteiger charge is -1.94. The molecule has 4 heteroatoms. The molecule has 0 aliphatic carbocycles. The fourth-order valence-corrected chi connectivity index (χ4v) is 1.10. The predicted molar refractivity (Wildman–Crippen MR) is 51.8 cm³/mol. The van der Waals surface area contributed by atoms with Crippen molar-refractivity contribution in [3.63, 3.8) is 0 Å². The van der Waals surface area contributed by atoms with Crippen molar-refractivity contribution in [2.75, 3.05) is 0 Å². The van der Waals surface area contributed by atoms with Gasteiger partial charge in [0.25, 0.3) is 0 Å². The molecule has 1 rings (SSSR count). The highest BCUT2D eigenvalue weighted by atomic mass is 127. The molecule has 0 aliphatic heterocycles. The SMILES string of the molecule is O=C(O)c1ccc(C(=O)I)cc1. The first kappa shape index (κ1) is 9.18. The number of aromatic carboxylic acids is 1. The van der Waals surface area contributed by atoms with Gasteiger partial charge in [0.2, 0.25) is 3.79 Å². The van der Waals surface area contributed by atoms with Gasteiger partial charge in [-0.05, 0) is 24.3 Å². The Morgan fingerprint density at radius 2 is 1.50 bits per heavy atom. The molecule has 0 unspecified atom stereocenters. The molecule has 1 aromatic rings. The number of halogens is 1. The second-order valence-electron chi connectivity index (χ2n) is 2.16. The van der Waals surface area contributed by atoms with Crippen molar-refractivity contribution >= 4 is 32.4 Å². The van der Waals surface area contributed by atoms with Crippen LogP contribution < -0.4 is 0 Å². The van der Waals surface area contributed by atoms with Crippen molar-refractivity contribution in [1.29, 1.82) is 0 Å². The summed E-state index contributed by atoms with van der Waals surface area (Å²) in [5.41, 5.74) is 0.706. The van der Waals surface area contributed by atoms with Gasteiger partial charge in [-0.25, -0.2) is 4.79 Å². The molecule has 0 amide bonds. The number of carbonyl (C=O) groups is 2. The van der Waals surface area contributed by atoms with Gasteiger partial charge in [0, 0.05) is 28.2 Å². The highest BCUT2D eigenvalue weighted by Crippen LogP contribution is 2.08. The maximum absolute atomic E-state index is 10.8. The van der Waals surface area contributed by atoms with Gasteiger partial charge < -0.3 is 5.11 Å². The molecule has 0 saturated carbocycles. The Kier molecular flexibility index (Phi) is 2.80. The van der Waals surface area contributed by atoms with Gasteiger partial charge in [0.05, 0.1) is 5.56 Å². The molecule has 12 heavy (non-hydrogen) atoms. The Labute approximate surface area is 82.5 Å². The first-order chi connectivity index (χ1) is 5.61. The lowest BCUT2D eigenvalue weighted by Crippen LogP contribution is -1.96. The number of benzene rings is 1.